The van der Waals surface area contributed by atoms with Gasteiger partial charge in [0.15, 0.2) is 0 Å². The highest BCUT2D eigenvalue weighted by Crippen LogP contribution is 2.26. The minimum Gasteiger partial charge on any atom is -0.376 e. The van der Waals surface area contributed by atoms with Gasteiger partial charge in [0.1, 0.15) is 5.75 Å². The number of halogens is 3. The van der Waals surface area contributed by atoms with Gasteiger partial charge in [-0.1, -0.05) is 0 Å². The molecule has 0 spiro atoms. The molecule has 2 N–H and O–H groups in total. The Bertz CT molecular complexity index is 685. The molecule has 11 heteroatoms. The number of benzene rings is 1. The third-order valence-electron chi connectivity index (χ3n) is 3.36. The Morgan fingerprint density at radius 2 is 2.00 bits per heavy atom. The molecule has 1 aromatic rings. The van der Waals surface area contributed by atoms with Gasteiger partial charge in [0.05, 0.1) is 12.7 Å². The second kappa shape index (κ2) is 8.02. The van der Waals surface area contributed by atoms with Crippen molar-refractivity contribution in [3.05, 3.63) is 29.8 Å². The van der Waals surface area contributed by atoms with Crippen LogP contribution in [0.15, 0.2) is 24.3 Å². The van der Waals surface area contributed by atoms with E-state index in [0.717, 1.165) is 18.7 Å². The summed E-state index contributed by atoms with van der Waals surface area (Å²) in [5, 5.41) is 5.81. The molecule has 1 fully saturated rings. The summed E-state index contributed by atoms with van der Waals surface area (Å²) in [6.07, 6.45) is 0.626. The van der Waals surface area contributed by atoms with E-state index in [0.29, 0.717) is 26.1 Å². The predicted molar refractivity (Wildman–Crippen MR) is 81.6 cm³/mol. The summed E-state index contributed by atoms with van der Waals surface area (Å²) < 4.78 is 67.9. The van der Waals surface area contributed by atoms with Crippen LogP contribution >= 0.6 is 0 Å². The number of carbonyl (C=O) groups is 1. The number of nitrogens with one attached hydrogen (secondary N) is 2. The molecule has 1 amide bonds. The molecule has 0 saturated carbocycles. The Labute approximate surface area is 142 Å². The van der Waals surface area contributed by atoms with Gasteiger partial charge in [0, 0.05) is 25.2 Å². The minimum atomic E-state index is -5.73. The largest absolute Gasteiger partial charge is 0.534 e. The topological polar surface area (TPSA) is 93.7 Å². The summed E-state index contributed by atoms with van der Waals surface area (Å²) in [7, 11) is -5.73. The Morgan fingerprint density at radius 1 is 1.32 bits per heavy atom. The lowest BCUT2D eigenvalue weighted by Gasteiger charge is -2.23. The Hall–Kier alpha value is -1.85. The molecule has 140 valence electrons. The number of amides is 1. The van der Waals surface area contributed by atoms with Gasteiger partial charge < -0.3 is 19.6 Å². The number of ether oxygens (including phenoxy) is 1. The molecule has 1 saturated heterocycles. The number of hydrogen-bond acceptors (Lipinski definition) is 6. The Morgan fingerprint density at radius 3 is 2.56 bits per heavy atom. The van der Waals surface area contributed by atoms with Crippen LogP contribution in [0, 0.1) is 0 Å². The number of alkyl halides is 3. The predicted octanol–water partition coefficient (Wildman–Crippen LogP) is 1.02. The zero-order valence-electron chi connectivity index (χ0n) is 13.0. The zero-order valence-corrected chi connectivity index (χ0v) is 13.8. The van der Waals surface area contributed by atoms with Crippen molar-refractivity contribution in [2.75, 3.05) is 26.2 Å². The fraction of sp³-hybridized carbons (Fsp3) is 0.500. The first-order chi connectivity index (χ1) is 11.7. The first-order valence-corrected chi connectivity index (χ1v) is 8.81. The van der Waals surface area contributed by atoms with E-state index < -0.39 is 27.3 Å². The van der Waals surface area contributed by atoms with E-state index in [1.165, 1.54) is 12.1 Å². The molecule has 2 rings (SSSR count). The fourth-order valence-corrected chi connectivity index (χ4v) is 2.55. The zero-order chi connectivity index (χ0) is 18.5. The third-order valence-corrected chi connectivity index (χ3v) is 4.34. The van der Waals surface area contributed by atoms with Gasteiger partial charge in [-0.3, -0.25) is 4.79 Å². The summed E-state index contributed by atoms with van der Waals surface area (Å²) in [6.45, 7) is 2.48. The molecular weight excluding hydrogens is 365 g/mol. The summed E-state index contributed by atoms with van der Waals surface area (Å²) in [5.74, 6) is -0.968. The van der Waals surface area contributed by atoms with Crippen LogP contribution in [0.1, 0.15) is 16.8 Å². The Kier molecular flexibility index (Phi) is 6.25. The maximum absolute atomic E-state index is 12.2. The van der Waals surface area contributed by atoms with Crippen molar-refractivity contribution < 1.29 is 35.3 Å². The number of morpholine rings is 1. The van der Waals surface area contributed by atoms with Crippen LogP contribution in [0.4, 0.5) is 13.2 Å². The average Bonchev–Trinajstić information content (AvgIpc) is 2.55. The third kappa shape index (κ3) is 5.58. The molecule has 1 unspecified atom stereocenters. The quantitative estimate of drug-likeness (QED) is 0.564. The monoisotopic (exact) mass is 382 g/mol. The first kappa shape index (κ1) is 19.5. The second-order valence-electron chi connectivity index (χ2n) is 5.25. The van der Waals surface area contributed by atoms with Gasteiger partial charge >= 0.3 is 15.6 Å². The van der Waals surface area contributed by atoms with Crippen molar-refractivity contribution in [3.63, 3.8) is 0 Å². The van der Waals surface area contributed by atoms with Gasteiger partial charge in [-0.2, -0.15) is 21.6 Å². The van der Waals surface area contributed by atoms with Crippen molar-refractivity contribution in [2.24, 2.45) is 0 Å². The normalized spacial score (nSPS) is 18.6. The number of carbonyl (C=O) groups excluding carboxylic acids is 1. The standard InChI is InChI=1S/C14H17F3N2O5S/c15-14(16,17)25(21,22)24-11-3-1-10(2-4-11)13(20)19-6-5-12-9-18-7-8-23-12/h1-4,12,18H,5-9H2,(H,19,20). The van der Waals surface area contributed by atoms with Gasteiger partial charge in [-0.25, -0.2) is 0 Å². The highest BCUT2D eigenvalue weighted by Gasteiger charge is 2.48. The van der Waals surface area contributed by atoms with E-state index in [-0.39, 0.29) is 11.7 Å². The van der Waals surface area contributed by atoms with Crippen molar-refractivity contribution in [3.8, 4) is 5.75 Å². The van der Waals surface area contributed by atoms with Crippen molar-refractivity contribution >= 4 is 16.0 Å². The van der Waals surface area contributed by atoms with Crippen LogP contribution in [0.5, 0.6) is 5.75 Å². The summed E-state index contributed by atoms with van der Waals surface area (Å²) in [5.41, 5.74) is -5.35. The summed E-state index contributed by atoms with van der Waals surface area (Å²) >= 11 is 0. The molecule has 0 bridgehead atoms. The molecule has 25 heavy (non-hydrogen) atoms. The molecule has 0 aromatic heterocycles. The smallest absolute Gasteiger partial charge is 0.376 e. The van der Waals surface area contributed by atoms with E-state index >= 15 is 0 Å². The molecule has 1 aliphatic rings. The fourth-order valence-electron chi connectivity index (χ4n) is 2.09. The lowest BCUT2D eigenvalue weighted by molar-refractivity contribution is -0.0500. The van der Waals surface area contributed by atoms with E-state index in [1.54, 1.807) is 0 Å². The van der Waals surface area contributed by atoms with Crippen molar-refractivity contribution in [1.29, 1.82) is 0 Å². The van der Waals surface area contributed by atoms with Crippen LogP contribution in [0.2, 0.25) is 0 Å². The van der Waals surface area contributed by atoms with Crippen molar-refractivity contribution in [1.82, 2.24) is 10.6 Å². The van der Waals surface area contributed by atoms with Crippen LogP contribution in [0.3, 0.4) is 0 Å². The van der Waals surface area contributed by atoms with E-state index in [4.69, 9.17) is 4.74 Å². The van der Waals surface area contributed by atoms with Crippen LogP contribution < -0.4 is 14.8 Å². The van der Waals surface area contributed by atoms with Crippen molar-refractivity contribution in [2.45, 2.75) is 18.0 Å². The lowest BCUT2D eigenvalue weighted by Crippen LogP contribution is -2.40. The molecule has 1 heterocycles. The number of hydrogen-bond donors (Lipinski definition) is 2. The van der Waals surface area contributed by atoms with E-state index in [2.05, 4.69) is 14.8 Å². The molecule has 1 aliphatic heterocycles. The Balaban J connectivity index is 1.85. The highest BCUT2D eigenvalue weighted by molar-refractivity contribution is 7.88. The molecular formula is C14H17F3N2O5S. The van der Waals surface area contributed by atoms with Crippen LogP contribution in [0.25, 0.3) is 0 Å². The van der Waals surface area contributed by atoms with Gasteiger partial charge in [-0.05, 0) is 30.7 Å². The highest BCUT2D eigenvalue weighted by atomic mass is 32.2. The van der Waals surface area contributed by atoms with Gasteiger partial charge in [0.2, 0.25) is 0 Å². The minimum absolute atomic E-state index is 0.0115. The average molecular weight is 382 g/mol. The molecule has 0 aliphatic carbocycles. The van der Waals surface area contributed by atoms with Gasteiger partial charge in [0.25, 0.3) is 5.91 Å². The molecule has 7 nitrogen and oxygen atoms in total. The second-order valence-corrected chi connectivity index (χ2v) is 6.79. The molecule has 1 aromatic carbocycles. The summed E-state index contributed by atoms with van der Waals surface area (Å²) in [4.78, 5) is 11.9. The summed E-state index contributed by atoms with van der Waals surface area (Å²) in [6, 6.07) is 4.31. The SMILES string of the molecule is O=C(NCCC1CNCCO1)c1ccc(OS(=O)(=O)C(F)(F)F)cc1. The maximum Gasteiger partial charge on any atom is 0.534 e. The lowest BCUT2D eigenvalue weighted by atomic mass is 10.2. The first-order valence-electron chi connectivity index (χ1n) is 7.40. The van der Waals surface area contributed by atoms with E-state index in [9.17, 15) is 26.4 Å². The van der Waals surface area contributed by atoms with E-state index in [1.807, 2.05) is 0 Å². The molecule has 0 radical (unpaired) electrons. The molecule has 1 atom stereocenters. The number of rotatable bonds is 6. The van der Waals surface area contributed by atoms with Gasteiger partial charge in [-0.15, -0.1) is 0 Å². The van der Waals surface area contributed by atoms with Crippen LogP contribution in [-0.4, -0.2) is 52.2 Å². The maximum atomic E-state index is 12.2. The van der Waals surface area contributed by atoms with Crippen LogP contribution in [-0.2, 0) is 14.9 Å².